The highest BCUT2D eigenvalue weighted by Gasteiger charge is 2.11. The molecule has 0 rings (SSSR count). The Labute approximate surface area is 74.3 Å². The van der Waals surface area contributed by atoms with E-state index in [0.29, 0.717) is 0 Å². The first-order valence-electron chi connectivity index (χ1n) is 4.37. The lowest BCUT2D eigenvalue weighted by atomic mass is 9.87. The van der Waals surface area contributed by atoms with Crippen molar-refractivity contribution in [3.05, 3.63) is 12.2 Å². The summed E-state index contributed by atoms with van der Waals surface area (Å²) in [4.78, 5) is 10.2. The second kappa shape index (κ2) is 4.96. The highest BCUT2D eigenvalue weighted by atomic mass is 16.4. The maximum Gasteiger partial charge on any atom is 0.307 e. The molecule has 1 N–H and O–H groups in total. The van der Waals surface area contributed by atoms with Crippen molar-refractivity contribution in [2.75, 3.05) is 0 Å². The molecule has 0 heterocycles. The molecule has 2 nitrogen and oxygen atoms in total. The molecule has 0 bridgehead atoms. The Morgan fingerprint density at radius 1 is 1.50 bits per heavy atom. The van der Waals surface area contributed by atoms with Gasteiger partial charge in [-0.3, -0.25) is 4.79 Å². The Kier molecular flexibility index (Phi) is 4.64. The number of carboxylic acid groups (broad SMARTS) is 1. The molecule has 0 radical (unpaired) electrons. The van der Waals surface area contributed by atoms with E-state index < -0.39 is 5.97 Å². The molecular weight excluding hydrogens is 152 g/mol. The summed E-state index contributed by atoms with van der Waals surface area (Å²) in [5.41, 5.74) is 0.143. The number of hydrogen-bond donors (Lipinski definition) is 1. The molecule has 2 heteroatoms. The molecule has 0 aliphatic carbocycles. The van der Waals surface area contributed by atoms with Crippen LogP contribution < -0.4 is 0 Å². The number of carboxylic acids is 1. The largest absolute Gasteiger partial charge is 0.481 e. The van der Waals surface area contributed by atoms with Crippen LogP contribution in [0, 0.1) is 5.41 Å². The van der Waals surface area contributed by atoms with E-state index in [2.05, 4.69) is 20.8 Å². The fourth-order valence-corrected chi connectivity index (χ4v) is 1.21. The van der Waals surface area contributed by atoms with Crippen LogP contribution in [-0.2, 0) is 4.79 Å². The average molecular weight is 170 g/mol. The minimum absolute atomic E-state index is 0.132. The van der Waals surface area contributed by atoms with Gasteiger partial charge in [0.15, 0.2) is 0 Å². The third kappa shape index (κ3) is 5.96. The van der Waals surface area contributed by atoms with Crippen LogP contribution in [0.25, 0.3) is 0 Å². The Balaban J connectivity index is 3.86. The fraction of sp³-hybridized carbons (Fsp3) is 0.700. The summed E-state index contributed by atoms with van der Waals surface area (Å²) in [6, 6.07) is 0. The van der Waals surface area contributed by atoms with Crippen molar-refractivity contribution in [3.8, 4) is 0 Å². The lowest BCUT2D eigenvalue weighted by Crippen LogP contribution is -2.06. The molecule has 70 valence electrons. The van der Waals surface area contributed by atoms with Gasteiger partial charge in [-0.2, -0.15) is 0 Å². The number of allylic oxidation sites excluding steroid dienone is 1. The summed E-state index contributed by atoms with van der Waals surface area (Å²) in [5, 5.41) is 8.39. The summed E-state index contributed by atoms with van der Waals surface area (Å²) in [6.45, 7) is 6.37. The zero-order valence-corrected chi connectivity index (χ0v) is 8.13. The van der Waals surface area contributed by atoms with Crippen LogP contribution in [0.15, 0.2) is 12.2 Å². The third-order valence-electron chi connectivity index (χ3n) is 1.76. The van der Waals surface area contributed by atoms with Crippen LogP contribution in [0.5, 0.6) is 0 Å². The highest BCUT2D eigenvalue weighted by Crippen LogP contribution is 2.23. The van der Waals surface area contributed by atoms with Crippen molar-refractivity contribution in [3.63, 3.8) is 0 Å². The van der Waals surface area contributed by atoms with Gasteiger partial charge >= 0.3 is 5.97 Å². The van der Waals surface area contributed by atoms with Gasteiger partial charge in [0.05, 0.1) is 6.42 Å². The summed E-state index contributed by atoms with van der Waals surface area (Å²) in [5.74, 6) is -0.765. The average Bonchev–Trinajstić information content (AvgIpc) is 1.85. The van der Waals surface area contributed by atoms with Crippen LogP contribution >= 0.6 is 0 Å². The van der Waals surface area contributed by atoms with Crippen molar-refractivity contribution >= 4 is 5.97 Å². The van der Waals surface area contributed by atoms with Crippen molar-refractivity contribution < 1.29 is 9.90 Å². The molecule has 0 aromatic rings. The number of aliphatic carboxylic acids is 1. The van der Waals surface area contributed by atoms with E-state index in [0.717, 1.165) is 12.8 Å². The SMILES string of the molecule is CCCC(C)(C)C=CCC(=O)O. The zero-order chi connectivity index (χ0) is 9.61. The summed E-state index contributed by atoms with van der Waals surface area (Å²) >= 11 is 0. The van der Waals surface area contributed by atoms with E-state index in [-0.39, 0.29) is 11.8 Å². The quantitative estimate of drug-likeness (QED) is 0.644. The van der Waals surface area contributed by atoms with Gasteiger partial charge in [-0.15, -0.1) is 0 Å². The highest BCUT2D eigenvalue weighted by molar-refractivity contribution is 5.68. The third-order valence-corrected chi connectivity index (χ3v) is 1.76. The van der Waals surface area contributed by atoms with E-state index in [4.69, 9.17) is 5.11 Å². The Hall–Kier alpha value is -0.790. The Morgan fingerprint density at radius 3 is 2.50 bits per heavy atom. The molecule has 12 heavy (non-hydrogen) atoms. The van der Waals surface area contributed by atoms with Crippen LogP contribution in [-0.4, -0.2) is 11.1 Å². The Bertz CT molecular complexity index is 169. The van der Waals surface area contributed by atoms with Gasteiger partial charge in [0.25, 0.3) is 0 Å². The zero-order valence-electron chi connectivity index (χ0n) is 8.13. The van der Waals surface area contributed by atoms with Gasteiger partial charge in [-0.1, -0.05) is 39.3 Å². The Morgan fingerprint density at radius 2 is 2.08 bits per heavy atom. The summed E-state index contributed by atoms with van der Waals surface area (Å²) in [7, 11) is 0. The van der Waals surface area contributed by atoms with Gasteiger partial charge in [-0.05, 0) is 11.8 Å². The molecule has 0 aliphatic heterocycles. The van der Waals surface area contributed by atoms with Gasteiger partial charge in [-0.25, -0.2) is 0 Å². The molecule has 0 aliphatic rings. The van der Waals surface area contributed by atoms with Crippen molar-refractivity contribution in [1.82, 2.24) is 0 Å². The minimum atomic E-state index is -0.765. The molecule has 0 saturated heterocycles. The maximum absolute atomic E-state index is 10.2. The van der Waals surface area contributed by atoms with E-state index in [1.165, 1.54) is 0 Å². The molecule has 0 unspecified atom stereocenters. The van der Waals surface area contributed by atoms with E-state index in [1.54, 1.807) is 6.08 Å². The topological polar surface area (TPSA) is 37.3 Å². The standard InChI is InChI=1S/C10H18O2/c1-4-7-10(2,3)8-5-6-9(11)12/h5,8H,4,6-7H2,1-3H3,(H,11,12). The van der Waals surface area contributed by atoms with Crippen LogP contribution in [0.4, 0.5) is 0 Å². The van der Waals surface area contributed by atoms with E-state index >= 15 is 0 Å². The van der Waals surface area contributed by atoms with Crippen LogP contribution in [0.3, 0.4) is 0 Å². The lowest BCUT2D eigenvalue weighted by Gasteiger charge is -2.18. The molecule has 0 amide bonds. The van der Waals surface area contributed by atoms with E-state index in [1.807, 2.05) is 6.08 Å². The lowest BCUT2D eigenvalue weighted by molar-refractivity contribution is -0.136. The number of carbonyl (C=O) groups is 1. The van der Waals surface area contributed by atoms with Crippen molar-refractivity contribution in [2.24, 2.45) is 5.41 Å². The number of hydrogen-bond acceptors (Lipinski definition) is 1. The van der Waals surface area contributed by atoms with Gasteiger partial charge in [0.1, 0.15) is 0 Å². The van der Waals surface area contributed by atoms with E-state index in [9.17, 15) is 4.79 Å². The predicted octanol–water partition coefficient (Wildman–Crippen LogP) is 2.84. The normalized spacial score (nSPS) is 12.2. The van der Waals surface area contributed by atoms with Gasteiger partial charge < -0.3 is 5.11 Å². The predicted molar refractivity (Wildman–Crippen MR) is 50.1 cm³/mol. The van der Waals surface area contributed by atoms with Gasteiger partial charge in [0, 0.05) is 0 Å². The summed E-state index contributed by atoms with van der Waals surface area (Å²) < 4.78 is 0. The molecule has 0 saturated carbocycles. The molecular formula is C10H18O2. The monoisotopic (exact) mass is 170 g/mol. The molecule has 0 spiro atoms. The van der Waals surface area contributed by atoms with Crippen LogP contribution in [0.1, 0.15) is 40.0 Å². The van der Waals surface area contributed by atoms with Crippen molar-refractivity contribution in [2.45, 2.75) is 40.0 Å². The maximum atomic E-state index is 10.2. The van der Waals surface area contributed by atoms with Crippen LogP contribution in [0.2, 0.25) is 0 Å². The number of rotatable bonds is 5. The molecule has 0 aromatic heterocycles. The minimum Gasteiger partial charge on any atom is -0.481 e. The van der Waals surface area contributed by atoms with Gasteiger partial charge in [0.2, 0.25) is 0 Å². The first kappa shape index (κ1) is 11.2. The summed E-state index contributed by atoms with van der Waals surface area (Å²) in [6.07, 6.45) is 6.09. The molecule has 0 fully saturated rings. The first-order valence-corrected chi connectivity index (χ1v) is 4.37. The second-order valence-corrected chi connectivity index (χ2v) is 3.74. The van der Waals surface area contributed by atoms with Crippen molar-refractivity contribution in [1.29, 1.82) is 0 Å². The molecule has 0 atom stereocenters. The smallest absolute Gasteiger partial charge is 0.307 e. The molecule has 0 aromatic carbocycles. The first-order chi connectivity index (χ1) is 5.48. The second-order valence-electron chi connectivity index (χ2n) is 3.74. The fourth-order valence-electron chi connectivity index (χ4n) is 1.21.